The maximum absolute atomic E-state index is 5.98. The van der Waals surface area contributed by atoms with Gasteiger partial charge in [-0.05, 0) is 59.7 Å². The number of hydrogen-bond acceptors (Lipinski definition) is 0. The summed E-state index contributed by atoms with van der Waals surface area (Å²) in [6, 6.07) is 17.7. The molecule has 1 fully saturated rings. The van der Waals surface area contributed by atoms with Gasteiger partial charge in [0, 0.05) is 5.02 Å². The lowest BCUT2D eigenvalue weighted by Crippen LogP contribution is -1.81. The Morgan fingerprint density at radius 3 is 2.56 bits per heavy atom. The van der Waals surface area contributed by atoms with Gasteiger partial charge in [-0.25, -0.2) is 0 Å². The second-order valence-corrected chi connectivity index (χ2v) is 4.75. The molecule has 2 aromatic carbocycles. The average Bonchev–Trinajstić information content (AvgIpc) is 3.13. The average molecular weight is 228 g/mol. The Morgan fingerprint density at radius 2 is 1.94 bits per heavy atom. The van der Waals surface area contributed by atoms with Gasteiger partial charge in [-0.2, -0.15) is 0 Å². The van der Waals surface area contributed by atoms with Gasteiger partial charge in [-0.15, -0.1) is 0 Å². The van der Waals surface area contributed by atoms with Crippen molar-refractivity contribution in [2.75, 3.05) is 0 Å². The summed E-state index contributed by atoms with van der Waals surface area (Å²) in [6.07, 6.45) is 2.65. The fraction of sp³-hybridized carbons (Fsp3) is 0.200. The van der Waals surface area contributed by atoms with Crippen molar-refractivity contribution in [3.63, 3.8) is 0 Å². The minimum atomic E-state index is 0.772. The minimum Gasteiger partial charge on any atom is -0.0843 e. The molecule has 0 bridgehead atoms. The van der Waals surface area contributed by atoms with Crippen LogP contribution in [-0.4, -0.2) is 0 Å². The summed E-state index contributed by atoms with van der Waals surface area (Å²) < 4.78 is 0. The summed E-state index contributed by atoms with van der Waals surface area (Å²) in [6.45, 7) is 0. The predicted octanol–water partition coefficient (Wildman–Crippen LogP) is 4.68. The molecule has 1 aliphatic rings. The summed E-state index contributed by atoms with van der Waals surface area (Å²) >= 11 is 5.98. The molecular weight excluding hydrogens is 216 g/mol. The van der Waals surface area contributed by atoms with E-state index in [1.54, 1.807) is 0 Å². The topological polar surface area (TPSA) is 0 Å². The molecule has 0 amide bonds. The van der Waals surface area contributed by atoms with Gasteiger partial charge in [0.15, 0.2) is 0 Å². The van der Waals surface area contributed by atoms with E-state index in [0.717, 1.165) is 16.5 Å². The fourth-order valence-corrected chi connectivity index (χ4v) is 2.12. The standard InChI is InChI=1S/C15H12Cl/c16-15-3-1-2-14(10-15)13-8-6-12(7-9-13)11-4-5-11/h1-3,6,8-11H,4-5H2. The zero-order valence-corrected chi connectivity index (χ0v) is 9.67. The Hall–Kier alpha value is -1.27. The van der Waals surface area contributed by atoms with E-state index in [4.69, 9.17) is 11.6 Å². The second-order valence-electron chi connectivity index (χ2n) is 4.32. The fourth-order valence-electron chi connectivity index (χ4n) is 1.93. The van der Waals surface area contributed by atoms with Gasteiger partial charge in [-0.3, -0.25) is 0 Å². The molecule has 0 nitrogen and oxygen atoms in total. The predicted molar refractivity (Wildman–Crippen MR) is 67.7 cm³/mol. The van der Waals surface area contributed by atoms with Crippen LogP contribution in [0.4, 0.5) is 0 Å². The van der Waals surface area contributed by atoms with E-state index in [9.17, 15) is 0 Å². The molecule has 2 aromatic rings. The molecule has 16 heavy (non-hydrogen) atoms. The van der Waals surface area contributed by atoms with Gasteiger partial charge >= 0.3 is 0 Å². The van der Waals surface area contributed by atoms with Crippen molar-refractivity contribution in [2.45, 2.75) is 18.8 Å². The Kier molecular flexibility index (Phi) is 2.45. The molecule has 1 heteroatoms. The van der Waals surface area contributed by atoms with E-state index in [1.807, 2.05) is 18.2 Å². The van der Waals surface area contributed by atoms with Crippen LogP contribution in [0.2, 0.25) is 5.02 Å². The zero-order chi connectivity index (χ0) is 11.0. The van der Waals surface area contributed by atoms with E-state index in [2.05, 4.69) is 30.3 Å². The van der Waals surface area contributed by atoms with E-state index in [0.29, 0.717) is 0 Å². The summed E-state index contributed by atoms with van der Waals surface area (Å²) in [4.78, 5) is 0. The molecule has 1 saturated carbocycles. The highest BCUT2D eigenvalue weighted by Crippen LogP contribution is 2.40. The van der Waals surface area contributed by atoms with Crippen LogP contribution in [0.1, 0.15) is 24.3 Å². The van der Waals surface area contributed by atoms with Crippen LogP contribution in [0.15, 0.2) is 42.5 Å². The lowest BCUT2D eigenvalue weighted by molar-refractivity contribution is 1.13. The third-order valence-corrected chi connectivity index (χ3v) is 3.25. The van der Waals surface area contributed by atoms with Crippen molar-refractivity contribution in [3.8, 4) is 11.1 Å². The largest absolute Gasteiger partial charge is 0.0843 e. The zero-order valence-electron chi connectivity index (χ0n) is 8.91. The maximum Gasteiger partial charge on any atom is 0.0412 e. The second kappa shape index (κ2) is 3.95. The summed E-state index contributed by atoms with van der Waals surface area (Å²) in [5.41, 5.74) is 3.70. The summed E-state index contributed by atoms with van der Waals surface area (Å²) in [5, 5.41) is 0.781. The van der Waals surface area contributed by atoms with Crippen LogP contribution >= 0.6 is 11.6 Å². The molecule has 1 radical (unpaired) electrons. The van der Waals surface area contributed by atoms with Gasteiger partial charge in [0.25, 0.3) is 0 Å². The van der Waals surface area contributed by atoms with Crippen LogP contribution in [-0.2, 0) is 0 Å². The lowest BCUT2D eigenvalue weighted by atomic mass is 10.0. The number of halogens is 1. The Bertz CT molecular complexity index is 495. The first-order valence-electron chi connectivity index (χ1n) is 5.60. The molecule has 0 aliphatic heterocycles. The van der Waals surface area contributed by atoms with Crippen LogP contribution < -0.4 is 0 Å². The van der Waals surface area contributed by atoms with Crippen molar-refractivity contribution in [2.24, 2.45) is 0 Å². The molecule has 0 spiro atoms. The molecule has 0 N–H and O–H groups in total. The van der Waals surface area contributed by atoms with Crippen molar-refractivity contribution in [3.05, 3.63) is 59.1 Å². The van der Waals surface area contributed by atoms with E-state index >= 15 is 0 Å². The first-order valence-corrected chi connectivity index (χ1v) is 5.98. The molecule has 1 aliphatic carbocycles. The third-order valence-electron chi connectivity index (χ3n) is 3.01. The quantitative estimate of drug-likeness (QED) is 0.699. The highest BCUT2D eigenvalue weighted by Gasteiger charge is 2.23. The molecular formula is C15H12Cl. The Labute approximate surface area is 101 Å². The monoisotopic (exact) mass is 227 g/mol. The number of rotatable bonds is 2. The number of benzene rings is 2. The molecule has 0 unspecified atom stereocenters. The van der Waals surface area contributed by atoms with Crippen LogP contribution in [0.25, 0.3) is 11.1 Å². The van der Waals surface area contributed by atoms with Crippen molar-refractivity contribution in [1.82, 2.24) is 0 Å². The van der Waals surface area contributed by atoms with Gasteiger partial charge in [0.05, 0.1) is 0 Å². The highest BCUT2D eigenvalue weighted by atomic mass is 35.5. The Morgan fingerprint density at radius 1 is 1.06 bits per heavy atom. The molecule has 79 valence electrons. The van der Waals surface area contributed by atoms with Gasteiger partial charge in [0.1, 0.15) is 0 Å². The van der Waals surface area contributed by atoms with Crippen molar-refractivity contribution in [1.29, 1.82) is 0 Å². The molecule has 0 aromatic heterocycles. The SMILES string of the molecule is Clc1cccc(-c2c[c]c(C3CC3)cc2)c1. The summed E-state index contributed by atoms with van der Waals surface area (Å²) in [7, 11) is 0. The third kappa shape index (κ3) is 1.98. The highest BCUT2D eigenvalue weighted by molar-refractivity contribution is 6.30. The lowest BCUT2D eigenvalue weighted by Gasteiger charge is -2.03. The maximum atomic E-state index is 5.98. The van der Waals surface area contributed by atoms with Crippen LogP contribution in [0.3, 0.4) is 0 Å². The van der Waals surface area contributed by atoms with E-state index in [-0.39, 0.29) is 0 Å². The molecule has 0 heterocycles. The first kappa shape index (κ1) is 9.92. The van der Waals surface area contributed by atoms with Crippen molar-refractivity contribution >= 4 is 11.6 Å². The summed E-state index contributed by atoms with van der Waals surface area (Å²) in [5.74, 6) is 0.772. The van der Waals surface area contributed by atoms with Gasteiger partial charge in [0.2, 0.25) is 0 Å². The first-order chi connectivity index (χ1) is 7.83. The molecule has 3 rings (SSSR count). The normalized spacial score (nSPS) is 15.1. The number of hydrogen-bond donors (Lipinski definition) is 0. The van der Waals surface area contributed by atoms with E-state index < -0.39 is 0 Å². The molecule has 0 saturated heterocycles. The van der Waals surface area contributed by atoms with Crippen LogP contribution in [0, 0.1) is 6.07 Å². The van der Waals surface area contributed by atoms with Crippen molar-refractivity contribution < 1.29 is 0 Å². The molecule has 0 atom stereocenters. The van der Waals surface area contributed by atoms with Crippen LogP contribution in [0.5, 0.6) is 0 Å². The minimum absolute atomic E-state index is 0.772. The smallest absolute Gasteiger partial charge is 0.0412 e. The van der Waals surface area contributed by atoms with Gasteiger partial charge in [-0.1, -0.05) is 35.9 Å². The van der Waals surface area contributed by atoms with Gasteiger partial charge < -0.3 is 0 Å². The van der Waals surface area contributed by atoms with E-state index in [1.165, 1.54) is 24.0 Å². The Balaban J connectivity index is 1.94.